The van der Waals surface area contributed by atoms with E-state index in [9.17, 15) is 4.79 Å². The zero-order valence-electron chi connectivity index (χ0n) is 17.7. The molecule has 1 aromatic heterocycles. The summed E-state index contributed by atoms with van der Waals surface area (Å²) in [6.45, 7) is 11.8. The third kappa shape index (κ3) is 5.71. The summed E-state index contributed by atoms with van der Waals surface area (Å²) in [6, 6.07) is 5.06. The molecule has 0 bridgehead atoms. The lowest BCUT2D eigenvalue weighted by Crippen LogP contribution is -2.23. The quantitative estimate of drug-likeness (QED) is 0.646. The van der Waals surface area contributed by atoms with Crippen molar-refractivity contribution >= 4 is 28.8 Å². The Morgan fingerprint density at radius 1 is 1.41 bits per heavy atom. The Labute approximate surface area is 181 Å². The molecule has 0 N–H and O–H groups in total. The summed E-state index contributed by atoms with van der Waals surface area (Å²) in [4.78, 5) is 19.4. The van der Waals surface area contributed by atoms with Gasteiger partial charge in [0, 0.05) is 22.7 Å². The van der Waals surface area contributed by atoms with Crippen LogP contribution in [0.3, 0.4) is 0 Å². The van der Waals surface area contributed by atoms with E-state index in [0.717, 1.165) is 19.4 Å². The van der Waals surface area contributed by atoms with Crippen molar-refractivity contribution in [2.45, 2.75) is 71.6 Å². The van der Waals surface area contributed by atoms with Gasteiger partial charge >= 0.3 is 0 Å². The number of hydrogen-bond acceptors (Lipinski definition) is 4. The summed E-state index contributed by atoms with van der Waals surface area (Å²) in [6.07, 6.45) is 4.31. The van der Waals surface area contributed by atoms with Crippen LogP contribution in [-0.4, -0.2) is 29.3 Å². The monoisotopic (exact) mass is 436 g/mol. The number of carbonyl (C=O) groups excluding carboxylic acids is 1. The van der Waals surface area contributed by atoms with E-state index in [4.69, 9.17) is 21.1 Å². The van der Waals surface area contributed by atoms with Crippen LogP contribution >= 0.6 is 22.9 Å². The topological polar surface area (TPSA) is 52.8 Å². The first-order valence-corrected chi connectivity index (χ1v) is 11.2. The fraction of sp³-hybridized carbons (Fsp3) is 0.545. The highest BCUT2D eigenvalue weighted by atomic mass is 35.5. The van der Waals surface area contributed by atoms with Crippen LogP contribution in [0.1, 0.15) is 62.7 Å². The molecular formula is C22H29ClN2O3S. The van der Waals surface area contributed by atoms with Crippen LogP contribution in [0.15, 0.2) is 29.4 Å². The normalized spacial score (nSPS) is 17.9. The molecule has 29 heavy (non-hydrogen) atoms. The van der Waals surface area contributed by atoms with Crippen molar-refractivity contribution in [1.29, 1.82) is 0 Å². The SMILES string of the molecule is CC(C)Oc1ccc(Cl)cc1C(=O)N=c1sc(C(C)(C)C)cn1C[C@H]1CCCO1. The van der Waals surface area contributed by atoms with Gasteiger partial charge in [-0.25, -0.2) is 0 Å². The van der Waals surface area contributed by atoms with Crippen LogP contribution in [0.2, 0.25) is 5.02 Å². The summed E-state index contributed by atoms with van der Waals surface area (Å²) in [7, 11) is 0. The molecular weight excluding hydrogens is 408 g/mol. The molecule has 0 saturated carbocycles. The Kier molecular flexibility index (Phi) is 6.87. The number of nitrogens with zero attached hydrogens (tertiary/aromatic N) is 2. The Bertz CT molecular complexity index is 934. The van der Waals surface area contributed by atoms with E-state index in [1.165, 1.54) is 4.88 Å². The molecule has 2 aromatic rings. The van der Waals surface area contributed by atoms with Crippen molar-refractivity contribution in [2.75, 3.05) is 6.61 Å². The van der Waals surface area contributed by atoms with E-state index in [1.807, 2.05) is 18.4 Å². The summed E-state index contributed by atoms with van der Waals surface area (Å²) in [5.41, 5.74) is 0.349. The number of amides is 1. The summed E-state index contributed by atoms with van der Waals surface area (Å²) >= 11 is 7.68. The van der Waals surface area contributed by atoms with Gasteiger partial charge < -0.3 is 14.0 Å². The number of halogens is 1. The maximum atomic E-state index is 13.1. The van der Waals surface area contributed by atoms with Gasteiger partial charge in [0.1, 0.15) is 5.75 Å². The van der Waals surface area contributed by atoms with Crippen LogP contribution in [-0.2, 0) is 16.7 Å². The number of benzene rings is 1. The maximum Gasteiger partial charge on any atom is 0.283 e. The molecule has 3 rings (SSSR count). The summed E-state index contributed by atoms with van der Waals surface area (Å²) in [5.74, 6) is 0.142. The van der Waals surface area contributed by atoms with E-state index in [2.05, 4.69) is 32.0 Å². The van der Waals surface area contributed by atoms with Crippen molar-refractivity contribution in [3.8, 4) is 5.75 Å². The van der Waals surface area contributed by atoms with Gasteiger partial charge in [0.25, 0.3) is 5.91 Å². The first-order valence-electron chi connectivity index (χ1n) is 10.0. The standard InChI is InChI=1S/C22H29ClN2O3S/c1-14(2)28-18-9-8-15(23)11-17(18)20(26)24-21-25(12-16-7-6-10-27-16)13-19(29-21)22(3,4)5/h8-9,11,13-14,16H,6-7,10,12H2,1-5H3/t16-/m1/s1. The van der Waals surface area contributed by atoms with Crippen LogP contribution in [0.25, 0.3) is 0 Å². The summed E-state index contributed by atoms with van der Waals surface area (Å²) in [5, 5.41) is 0.480. The number of carbonyl (C=O) groups is 1. The minimum atomic E-state index is -0.355. The van der Waals surface area contributed by atoms with Gasteiger partial charge in [0.05, 0.1) is 24.3 Å². The molecule has 1 saturated heterocycles. The molecule has 158 valence electrons. The van der Waals surface area contributed by atoms with Gasteiger partial charge in [-0.15, -0.1) is 11.3 Å². The van der Waals surface area contributed by atoms with Crippen molar-refractivity contribution in [1.82, 2.24) is 4.57 Å². The van der Waals surface area contributed by atoms with Crippen molar-refractivity contribution < 1.29 is 14.3 Å². The molecule has 5 nitrogen and oxygen atoms in total. The van der Waals surface area contributed by atoms with Crippen LogP contribution in [0.5, 0.6) is 5.75 Å². The predicted octanol–water partition coefficient (Wildman–Crippen LogP) is 5.21. The Hall–Kier alpha value is -1.63. The Morgan fingerprint density at radius 2 is 2.17 bits per heavy atom. The highest BCUT2D eigenvalue weighted by Crippen LogP contribution is 2.27. The number of hydrogen-bond donors (Lipinski definition) is 0. The second kappa shape index (κ2) is 9.02. The molecule has 7 heteroatoms. The van der Waals surface area contributed by atoms with Gasteiger partial charge in [0.2, 0.25) is 0 Å². The smallest absolute Gasteiger partial charge is 0.283 e. The largest absolute Gasteiger partial charge is 0.490 e. The van der Waals surface area contributed by atoms with Crippen molar-refractivity contribution in [2.24, 2.45) is 4.99 Å². The Balaban J connectivity index is 2.01. The third-order valence-corrected chi connectivity index (χ3v) is 6.30. The van der Waals surface area contributed by atoms with Crippen LogP contribution in [0, 0.1) is 0 Å². The van der Waals surface area contributed by atoms with Gasteiger partial charge in [-0.05, 0) is 50.3 Å². The molecule has 1 aliphatic heterocycles. The molecule has 2 heterocycles. The van der Waals surface area contributed by atoms with Crippen molar-refractivity contribution in [3.63, 3.8) is 0 Å². The highest BCUT2D eigenvalue weighted by Gasteiger charge is 2.22. The lowest BCUT2D eigenvalue weighted by Gasteiger charge is -2.15. The lowest BCUT2D eigenvalue weighted by atomic mass is 9.95. The van der Waals surface area contributed by atoms with E-state index >= 15 is 0 Å². The molecule has 0 unspecified atom stereocenters. The number of aromatic nitrogens is 1. The Morgan fingerprint density at radius 3 is 2.79 bits per heavy atom. The van der Waals surface area contributed by atoms with Crippen LogP contribution < -0.4 is 9.54 Å². The van der Waals surface area contributed by atoms with E-state index < -0.39 is 0 Å². The second-order valence-corrected chi connectivity index (χ2v) is 10.1. The molecule has 0 radical (unpaired) electrons. The van der Waals surface area contributed by atoms with E-state index in [0.29, 0.717) is 27.7 Å². The molecule has 0 aliphatic carbocycles. The average Bonchev–Trinajstić information content (AvgIpc) is 3.26. The van der Waals surface area contributed by atoms with Gasteiger partial charge in [0.15, 0.2) is 4.80 Å². The molecule has 1 atom stereocenters. The number of ether oxygens (including phenoxy) is 2. The molecule has 1 aromatic carbocycles. The number of thiazole rings is 1. The fourth-order valence-corrected chi connectivity index (χ4v) is 4.35. The lowest BCUT2D eigenvalue weighted by molar-refractivity contribution is 0.0948. The molecule has 0 spiro atoms. The van der Waals surface area contributed by atoms with Crippen LogP contribution in [0.4, 0.5) is 0 Å². The zero-order chi connectivity index (χ0) is 21.2. The molecule has 1 fully saturated rings. The van der Waals surface area contributed by atoms with Gasteiger partial charge in [-0.3, -0.25) is 4.79 Å². The zero-order valence-corrected chi connectivity index (χ0v) is 19.3. The number of rotatable bonds is 5. The second-order valence-electron chi connectivity index (χ2n) is 8.64. The average molecular weight is 437 g/mol. The minimum absolute atomic E-state index is 0.0261. The van der Waals surface area contributed by atoms with Crippen molar-refractivity contribution in [3.05, 3.63) is 44.7 Å². The third-order valence-electron chi connectivity index (χ3n) is 4.62. The summed E-state index contributed by atoms with van der Waals surface area (Å²) < 4.78 is 13.6. The van der Waals surface area contributed by atoms with Gasteiger partial charge in [-0.1, -0.05) is 32.4 Å². The predicted molar refractivity (Wildman–Crippen MR) is 117 cm³/mol. The first-order chi connectivity index (χ1) is 13.6. The minimum Gasteiger partial charge on any atom is -0.490 e. The highest BCUT2D eigenvalue weighted by molar-refractivity contribution is 7.09. The first kappa shape index (κ1) is 22.1. The fourth-order valence-electron chi connectivity index (χ4n) is 3.13. The molecule has 1 aliphatic rings. The van der Waals surface area contributed by atoms with E-state index in [-0.39, 0.29) is 23.5 Å². The van der Waals surface area contributed by atoms with E-state index in [1.54, 1.807) is 29.5 Å². The van der Waals surface area contributed by atoms with Gasteiger partial charge in [-0.2, -0.15) is 4.99 Å². The molecule has 1 amide bonds. The maximum absolute atomic E-state index is 13.1.